The predicted octanol–water partition coefficient (Wildman–Crippen LogP) is 5.27. The van der Waals surface area contributed by atoms with Gasteiger partial charge < -0.3 is 28.7 Å². The Balaban J connectivity index is 1.30. The smallest absolute Gasteiger partial charge is 0.341 e. The van der Waals surface area contributed by atoms with Crippen molar-refractivity contribution in [1.29, 1.82) is 0 Å². The molecule has 4 aromatic rings. The first kappa shape index (κ1) is 33.9. The predicted molar refractivity (Wildman–Crippen MR) is 174 cm³/mol. The fourth-order valence-electron chi connectivity index (χ4n) is 5.38. The molecule has 0 bridgehead atoms. The van der Waals surface area contributed by atoms with E-state index in [2.05, 4.69) is 5.32 Å². The Labute approximate surface area is 272 Å². The number of hydrogen-bond acceptors (Lipinski definition) is 9. The number of sulfonamides is 1. The molecule has 250 valence electrons. The lowest BCUT2D eigenvalue weighted by Crippen LogP contribution is -2.34. The van der Waals surface area contributed by atoms with E-state index in [1.165, 1.54) is 49.8 Å². The Morgan fingerprint density at radius 2 is 1.72 bits per heavy atom. The third kappa shape index (κ3) is 7.75. The Morgan fingerprint density at radius 3 is 2.36 bits per heavy atom. The molecule has 1 saturated carbocycles. The molecule has 1 heterocycles. The molecular weight excluding hydrogens is 631 g/mol. The molecule has 1 fully saturated rings. The quantitative estimate of drug-likeness (QED) is 0.133. The molecule has 0 atom stereocenters. The van der Waals surface area contributed by atoms with Crippen molar-refractivity contribution in [2.45, 2.75) is 25.4 Å². The van der Waals surface area contributed by atoms with Gasteiger partial charge in [-0.15, -0.1) is 0 Å². The van der Waals surface area contributed by atoms with E-state index in [4.69, 9.17) is 23.4 Å². The molecule has 1 N–H and O–H groups in total. The van der Waals surface area contributed by atoms with Gasteiger partial charge in [0.05, 0.1) is 64.7 Å². The maximum absolute atomic E-state index is 13.7. The number of esters is 1. The molecule has 1 aromatic heterocycles. The van der Waals surface area contributed by atoms with E-state index in [1.807, 2.05) is 6.07 Å². The number of benzene rings is 3. The van der Waals surface area contributed by atoms with Gasteiger partial charge in [-0.2, -0.15) is 0 Å². The minimum absolute atomic E-state index is 0.0405. The minimum Gasteiger partial charge on any atom is -0.496 e. The SMILES string of the molecule is CNC(=O)c1c(-c2ccc(F)cc2)oc2cc(N(CCOCCOCc3ccc(OC)c(C(=O)OC)c3)S(C)(=O)=O)c(C3CC3)cc12. The van der Waals surface area contributed by atoms with Crippen molar-refractivity contribution in [1.82, 2.24) is 5.32 Å². The number of carbonyl (C=O) groups excluding carboxylic acids is 2. The van der Waals surface area contributed by atoms with Gasteiger partial charge >= 0.3 is 5.97 Å². The fraction of sp³-hybridized carbons (Fsp3) is 0.353. The highest BCUT2D eigenvalue weighted by atomic mass is 32.2. The van der Waals surface area contributed by atoms with E-state index in [1.54, 1.807) is 24.3 Å². The number of fused-ring (bicyclic) bond motifs is 1. The average Bonchev–Trinajstić information content (AvgIpc) is 3.84. The second-order valence-electron chi connectivity index (χ2n) is 11.1. The second-order valence-corrected chi connectivity index (χ2v) is 13.0. The molecule has 0 saturated heterocycles. The van der Waals surface area contributed by atoms with Crippen LogP contribution in [-0.2, 0) is 30.8 Å². The molecular formula is C34H37FN2O9S. The summed E-state index contributed by atoms with van der Waals surface area (Å²) in [6.45, 7) is 0.799. The van der Waals surface area contributed by atoms with Gasteiger partial charge in [0, 0.05) is 24.1 Å². The Kier molecular flexibility index (Phi) is 10.5. The number of anilines is 1. The second kappa shape index (κ2) is 14.5. The van der Waals surface area contributed by atoms with Crippen molar-refractivity contribution < 1.29 is 45.8 Å². The van der Waals surface area contributed by atoms with Crippen molar-refractivity contribution in [3.05, 3.63) is 82.7 Å². The van der Waals surface area contributed by atoms with Crippen LogP contribution in [0.4, 0.5) is 10.1 Å². The maximum atomic E-state index is 13.7. The molecule has 0 unspecified atom stereocenters. The largest absolute Gasteiger partial charge is 0.496 e. The van der Waals surface area contributed by atoms with Crippen LogP contribution in [0.5, 0.6) is 5.75 Å². The molecule has 1 aliphatic rings. The van der Waals surface area contributed by atoms with Crippen molar-refractivity contribution in [3.8, 4) is 17.1 Å². The van der Waals surface area contributed by atoms with Crippen LogP contribution in [0.1, 0.15) is 50.6 Å². The van der Waals surface area contributed by atoms with Crippen molar-refractivity contribution in [2.24, 2.45) is 0 Å². The number of furan rings is 1. The number of rotatable bonds is 15. The Morgan fingerprint density at radius 1 is 1.00 bits per heavy atom. The van der Waals surface area contributed by atoms with Crippen LogP contribution in [0.15, 0.2) is 59.0 Å². The minimum atomic E-state index is -3.74. The van der Waals surface area contributed by atoms with Crippen LogP contribution in [-0.4, -0.2) is 74.2 Å². The van der Waals surface area contributed by atoms with Crippen LogP contribution >= 0.6 is 0 Å². The summed E-state index contributed by atoms with van der Waals surface area (Å²) in [6, 6.07) is 14.2. The Hall–Kier alpha value is -4.46. The van der Waals surface area contributed by atoms with Gasteiger partial charge in [0.2, 0.25) is 10.0 Å². The molecule has 11 nitrogen and oxygen atoms in total. The molecule has 5 rings (SSSR count). The van der Waals surface area contributed by atoms with Crippen LogP contribution in [0.2, 0.25) is 0 Å². The topological polar surface area (TPSA) is 134 Å². The summed E-state index contributed by atoms with van der Waals surface area (Å²) in [6.07, 6.45) is 2.91. The van der Waals surface area contributed by atoms with Crippen LogP contribution in [0.3, 0.4) is 0 Å². The monoisotopic (exact) mass is 668 g/mol. The standard InChI is InChI=1S/C34H37FN2O9S/c1-36-33(38)31-26-18-25(22-6-7-22)28(19-30(26)46-32(31)23-8-10-24(35)11-9-23)37(47(4,40)41)13-14-44-15-16-45-20-21-5-12-29(42-2)27(17-21)34(39)43-3/h5,8-12,17-19,22H,6-7,13-16,20H2,1-4H3,(H,36,38). The number of nitrogens with zero attached hydrogens (tertiary/aromatic N) is 1. The fourth-order valence-corrected chi connectivity index (χ4v) is 6.30. The van der Waals surface area contributed by atoms with Gasteiger partial charge in [0.1, 0.15) is 28.5 Å². The molecule has 3 aromatic carbocycles. The van der Waals surface area contributed by atoms with Gasteiger partial charge in [0.15, 0.2) is 0 Å². The summed E-state index contributed by atoms with van der Waals surface area (Å²) >= 11 is 0. The van der Waals surface area contributed by atoms with Gasteiger partial charge in [-0.05, 0) is 72.4 Å². The summed E-state index contributed by atoms with van der Waals surface area (Å²) in [7, 11) is 0.544. The van der Waals surface area contributed by atoms with Crippen molar-refractivity contribution in [2.75, 3.05) is 58.2 Å². The number of carbonyl (C=O) groups is 2. The van der Waals surface area contributed by atoms with Crippen LogP contribution in [0.25, 0.3) is 22.3 Å². The highest BCUT2D eigenvalue weighted by Crippen LogP contribution is 2.48. The molecule has 47 heavy (non-hydrogen) atoms. The average molecular weight is 669 g/mol. The van der Waals surface area contributed by atoms with E-state index in [0.29, 0.717) is 39.1 Å². The lowest BCUT2D eigenvalue weighted by Gasteiger charge is -2.25. The summed E-state index contributed by atoms with van der Waals surface area (Å²) in [5.41, 5.74) is 3.45. The first-order chi connectivity index (χ1) is 22.5. The number of amides is 1. The molecule has 0 radical (unpaired) electrons. The zero-order chi connectivity index (χ0) is 33.7. The number of halogens is 1. The third-order valence-corrected chi connectivity index (χ3v) is 9.01. The number of methoxy groups -OCH3 is 2. The van der Waals surface area contributed by atoms with E-state index >= 15 is 0 Å². The maximum Gasteiger partial charge on any atom is 0.341 e. The molecule has 1 amide bonds. The van der Waals surface area contributed by atoms with Crippen molar-refractivity contribution in [3.63, 3.8) is 0 Å². The first-order valence-electron chi connectivity index (χ1n) is 15.0. The van der Waals surface area contributed by atoms with E-state index in [0.717, 1.165) is 30.2 Å². The lowest BCUT2D eigenvalue weighted by atomic mass is 10.0. The normalized spacial score (nSPS) is 13.0. The van der Waals surface area contributed by atoms with E-state index < -0.39 is 21.8 Å². The van der Waals surface area contributed by atoms with Gasteiger partial charge in [0.25, 0.3) is 5.91 Å². The lowest BCUT2D eigenvalue weighted by molar-refractivity contribution is 0.0434. The highest BCUT2D eigenvalue weighted by Gasteiger charge is 2.33. The molecule has 13 heteroatoms. The van der Waals surface area contributed by atoms with Crippen LogP contribution < -0.4 is 14.4 Å². The first-order valence-corrected chi connectivity index (χ1v) is 16.9. The Bertz CT molecular complexity index is 1870. The number of nitrogens with one attached hydrogen (secondary N) is 1. The summed E-state index contributed by atoms with van der Waals surface area (Å²) in [5, 5.41) is 3.20. The highest BCUT2D eigenvalue weighted by molar-refractivity contribution is 7.92. The molecule has 0 spiro atoms. The number of hydrogen-bond donors (Lipinski definition) is 1. The van der Waals surface area contributed by atoms with Crippen LogP contribution in [0, 0.1) is 5.82 Å². The van der Waals surface area contributed by atoms with Gasteiger partial charge in [-0.25, -0.2) is 17.6 Å². The number of ether oxygens (including phenoxy) is 4. The van der Waals surface area contributed by atoms with E-state index in [-0.39, 0.29) is 50.6 Å². The zero-order valence-corrected chi connectivity index (χ0v) is 27.4. The summed E-state index contributed by atoms with van der Waals surface area (Å²) in [5.74, 6) is -0.511. The third-order valence-electron chi connectivity index (χ3n) is 7.83. The van der Waals surface area contributed by atoms with E-state index in [9.17, 15) is 22.4 Å². The summed E-state index contributed by atoms with van der Waals surface area (Å²) < 4.78 is 68.8. The molecule has 1 aliphatic carbocycles. The van der Waals surface area contributed by atoms with Crippen molar-refractivity contribution >= 4 is 38.6 Å². The van der Waals surface area contributed by atoms with Gasteiger partial charge in [-0.1, -0.05) is 6.07 Å². The van der Waals surface area contributed by atoms with Gasteiger partial charge in [-0.3, -0.25) is 9.10 Å². The summed E-state index contributed by atoms with van der Waals surface area (Å²) in [4.78, 5) is 25.1. The zero-order valence-electron chi connectivity index (χ0n) is 26.6. The molecule has 0 aliphatic heterocycles.